The summed E-state index contributed by atoms with van der Waals surface area (Å²) in [5, 5.41) is 0. The second kappa shape index (κ2) is 6.33. The molecule has 1 aromatic heterocycles. The Bertz CT molecular complexity index is 940. The summed E-state index contributed by atoms with van der Waals surface area (Å²) >= 11 is 0. The second-order valence-corrected chi connectivity index (χ2v) is 6.23. The van der Waals surface area contributed by atoms with Gasteiger partial charge in [0, 0.05) is 18.9 Å². The van der Waals surface area contributed by atoms with E-state index in [4.69, 9.17) is 0 Å². The highest BCUT2D eigenvalue weighted by molar-refractivity contribution is 5.99. The number of rotatable bonds is 4. The highest BCUT2D eigenvalue weighted by Crippen LogP contribution is 2.41. The molecule has 3 nitrogen and oxygen atoms in total. The maximum absolute atomic E-state index is 14.5. The van der Waals surface area contributed by atoms with Crippen LogP contribution in [0.2, 0.25) is 0 Å². The molecule has 130 valence electrons. The van der Waals surface area contributed by atoms with E-state index < -0.39 is 12.0 Å². The molecule has 0 radical (unpaired) electrons. The summed E-state index contributed by atoms with van der Waals surface area (Å²) < 4.78 is 29.1. The van der Waals surface area contributed by atoms with Crippen molar-refractivity contribution in [2.24, 2.45) is 0 Å². The lowest BCUT2D eigenvalue weighted by Crippen LogP contribution is -2.38. The fourth-order valence-electron chi connectivity index (χ4n) is 3.23. The zero-order valence-corrected chi connectivity index (χ0v) is 13.9. The van der Waals surface area contributed by atoms with Gasteiger partial charge in [0.1, 0.15) is 0 Å². The summed E-state index contributed by atoms with van der Waals surface area (Å²) in [7, 11) is 0. The monoisotopic (exact) mass is 350 g/mol. The van der Waals surface area contributed by atoms with Crippen LogP contribution in [0.25, 0.3) is 11.1 Å². The number of carbonyl (C=O) groups is 1. The minimum atomic E-state index is -3.26. The number of halogens is 2. The first kappa shape index (κ1) is 16.4. The van der Waals surface area contributed by atoms with Crippen molar-refractivity contribution in [1.29, 1.82) is 0 Å². The van der Waals surface area contributed by atoms with E-state index in [0.717, 1.165) is 16.7 Å². The summed E-state index contributed by atoms with van der Waals surface area (Å²) in [4.78, 5) is 17.1. The first-order chi connectivity index (χ1) is 12.6. The van der Waals surface area contributed by atoms with Crippen molar-refractivity contribution in [2.75, 3.05) is 6.54 Å². The standard InChI is InChI=1S/C21H16F2N2O/c22-21(23)19-6-2-1-5-18(19)20(26)25(21)13-11-15-7-9-16(10-8-15)17-4-3-12-24-14-17/h1-10,12,14H,11,13H2. The van der Waals surface area contributed by atoms with Crippen molar-refractivity contribution in [2.45, 2.75) is 12.5 Å². The number of hydrogen-bond donors (Lipinski definition) is 0. The van der Waals surface area contributed by atoms with Crippen LogP contribution in [0.3, 0.4) is 0 Å². The molecule has 26 heavy (non-hydrogen) atoms. The van der Waals surface area contributed by atoms with E-state index in [1.807, 2.05) is 36.4 Å². The molecule has 0 unspecified atom stereocenters. The first-order valence-corrected chi connectivity index (χ1v) is 8.36. The number of benzene rings is 2. The summed E-state index contributed by atoms with van der Waals surface area (Å²) in [5.41, 5.74) is 2.78. The summed E-state index contributed by atoms with van der Waals surface area (Å²) in [6.45, 7) is -0.0350. The van der Waals surface area contributed by atoms with Crippen molar-refractivity contribution >= 4 is 5.91 Å². The zero-order chi connectivity index (χ0) is 18.1. The normalized spacial score (nSPS) is 15.2. The predicted octanol–water partition coefficient (Wildman–Crippen LogP) is 4.50. The molecule has 0 saturated heterocycles. The Hall–Kier alpha value is -3.08. The lowest BCUT2D eigenvalue weighted by atomic mass is 10.0. The van der Waals surface area contributed by atoms with Crippen LogP contribution in [-0.4, -0.2) is 22.3 Å². The molecular formula is C21H16F2N2O. The van der Waals surface area contributed by atoms with Gasteiger partial charge >= 0.3 is 6.05 Å². The fraction of sp³-hybridized carbons (Fsp3) is 0.143. The number of aromatic nitrogens is 1. The van der Waals surface area contributed by atoms with Crippen molar-refractivity contribution in [1.82, 2.24) is 9.88 Å². The molecule has 0 fully saturated rings. The largest absolute Gasteiger partial charge is 0.355 e. The summed E-state index contributed by atoms with van der Waals surface area (Å²) in [6, 6.07) is 14.1. The van der Waals surface area contributed by atoms with E-state index in [-0.39, 0.29) is 17.7 Å². The minimum absolute atomic E-state index is 0.0350. The molecule has 0 saturated carbocycles. The van der Waals surface area contributed by atoms with Crippen molar-refractivity contribution in [3.05, 3.63) is 89.7 Å². The number of hydrogen-bond acceptors (Lipinski definition) is 2. The van der Waals surface area contributed by atoms with Crippen LogP contribution in [-0.2, 0) is 12.5 Å². The number of amides is 1. The molecule has 1 amide bonds. The average molecular weight is 350 g/mol. The van der Waals surface area contributed by atoms with Crippen LogP contribution >= 0.6 is 0 Å². The SMILES string of the molecule is O=C1c2ccccc2C(F)(F)N1CCc1ccc(-c2cccnc2)cc1. The average Bonchev–Trinajstić information content (AvgIpc) is 2.88. The number of carbonyl (C=O) groups excluding carboxylic acids is 1. The topological polar surface area (TPSA) is 33.2 Å². The molecule has 5 heteroatoms. The van der Waals surface area contributed by atoms with Crippen molar-refractivity contribution in [3.63, 3.8) is 0 Å². The fourth-order valence-corrected chi connectivity index (χ4v) is 3.23. The van der Waals surface area contributed by atoms with Gasteiger partial charge in [-0.3, -0.25) is 14.7 Å². The molecule has 0 atom stereocenters. The molecule has 2 aromatic carbocycles. The Kier molecular flexibility index (Phi) is 3.99. The van der Waals surface area contributed by atoms with E-state index in [2.05, 4.69) is 4.98 Å². The maximum atomic E-state index is 14.5. The van der Waals surface area contributed by atoms with Gasteiger partial charge in [-0.05, 0) is 35.2 Å². The smallest absolute Gasteiger partial charge is 0.275 e. The highest BCUT2D eigenvalue weighted by atomic mass is 19.3. The van der Waals surface area contributed by atoms with Gasteiger partial charge in [0.15, 0.2) is 0 Å². The molecule has 0 aliphatic carbocycles. The Balaban J connectivity index is 1.49. The third-order valence-corrected chi connectivity index (χ3v) is 4.64. The van der Waals surface area contributed by atoms with Crippen molar-refractivity contribution in [3.8, 4) is 11.1 Å². The van der Waals surface area contributed by atoms with Crippen LogP contribution in [0.1, 0.15) is 21.5 Å². The molecule has 4 rings (SSSR count). The van der Waals surface area contributed by atoms with Gasteiger partial charge in [-0.15, -0.1) is 0 Å². The van der Waals surface area contributed by atoms with Gasteiger partial charge in [0.25, 0.3) is 5.91 Å². The lowest BCUT2D eigenvalue weighted by Gasteiger charge is -2.24. The van der Waals surface area contributed by atoms with Crippen LogP contribution in [0.15, 0.2) is 73.1 Å². The zero-order valence-electron chi connectivity index (χ0n) is 13.9. The number of alkyl halides is 2. The predicted molar refractivity (Wildman–Crippen MR) is 94.7 cm³/mol. The number of nitrogens with zero attached hydrogens (tertiary/aromatic N) is 2. The molecule has 0 bridgehead atoms. The first-order valence-electron chi connectivity index (χ1n) is 8.36. The van der Waals surface area contributed by atoms with Gasteiger partial charge < -0.3 is 0 Å². The van der Waals surface area contributed by atoms with E-state index >= 15 is 0 Å². The highest BCUT2D eigenvalue weighted by Gasteiger charge is 2.50. The van der Waals surface area contributed by atoms with E-state index in [9.17, 15) is 13.6 Å². The Labute approximate surface area is 149 Å². The van der Waals surface area contributed by atoms with Gasteiger partial charge in [-0.2, -0.15) is 8.78 Å². The molecule has 1 aliphatic heterocycles. The van der Waals surface area contributed by atoms with Crippen LogP contribution in [0.4, 0.5) is 8.78 Å². The minimum Gasteiger partial charge on any atom is -0.275 e. The van der Waals surface area contributed by atoms with E-state index in [1.54, 1.807) is 18.5 Å². The molecule has 0 spiro atoms. The van der Waals surface area contributed by atoms with Gasteiger partial charge in [-0.25, -0.2) is 0 Å². The Morgan fingerprint density at radius 2 is 1.69 bits per heavy atom. The van der Waals surface area contributed by atoms with Crippen molar-refractivity contribution < 1.29 is 13.6 Å². The Morgan fingerprint density at radius 3 is 2.38 bits per heavy atom. The molecule has 1 aliphatic rings. The van der Waals surface area contributed by atoms with Crippen LogP contribution in [0.5, 0.6) is 0 Å². The number of pyridine rings is 1. The molecule has 0 N–H and O–H groups in total. The number of fused-ring (bicyclic) bond motifs is 1. The van der Waals surface area contributed by atoms with Gasteiger partial charge in [0.05, 0.1) is 11.1 Å². The van der Waals surface area contributed by atoms with Crippen LogP contribution < -0.4 is 0 Å². The lowest BCUT2D eigenvalue weighted by molar-refractivity contribution is -0.121. The molecule has 2 heterocycles. The van der Waals surface area contributed by atoms with E-state index in [0.29, 0.717) is 11.3 Å². The summed E-state index contributed by atoms with van der Waals surface area (Å²) in [6.07, 6.45) is 3.85. The third-order valence-electron chi connectivity index (χ3n) is 4.64. The van der Waals surface area contributed by atoms with Gasteiger partial charge in [0.2, 0.25) is 0 Å². The van der Waals surface area contributed by atoms with E-state index in [1.165, 1.54) is 18.2 Å². The Morgan fingerprint density at radius 1 is 0.923 bits per heavy atom. The molecular weight excluding hydrogens is 334 g/mol. The maximum Gasteiger partial charge on any atom is 0.355 e. The molecule has 3 aromatic rings. The van der Waals surface area contributed by atoms with Gasteiger partial charge in [-0.1, -0.05) is 48.5 Å². The quantitative estimate of drug-likeness (QED) is 0.649. The third kappa shape index (κ3) is 2.75. The second-order valence-electron chi connectivity index (χ2n) is 6.23. The summed E-state index contributed by atoms with van der Waals surface area (Å²) in [5.74, 6) is -0.613. The van der Waals surface area contributed by atoms with Crippen LogP contribution in [0, 0.1) is 0 Å².